The lowest BCUT2D eigenvalue weighted by atomic mass is 10.3. The summed E-state index contributed by atoms with van der Waals surface area (Å²) in [4.78, 5) is 22.4. The van der Waals surface area contributed by atoms with E-state index in [2.05, 4.69) is 5.32 Å². The summed E-state index contributed by atoms with van der Waals surface area (Å²) in [7, 11) is 0. The lowest BCUT2D eigenvalue weighted by Crippen LogP contribution is -2.20. The fourth-order valence-corrected chi connectivity index (χ4v) is 1.98. The maximum atomic E-state index is 11.9. The fraction of sp³-hybridized carbons (Fsp3) is 0.263. The summed E-state index contributed by atoms with van der Waals surface area (Å²) in [5.74, 6) is 0.377. The number of anilines is 1. The van der Waals surface area contributed by atoms with Gasteiger partial charge in [0.1, 0.15) is 17.2 Å². The van der Waals surface area contributed by atoms with Gasteiger partial charge in [-0.2, -0.15) is 0 Å². The van der Waals surface area contributed by atoms with Crippen molar-refractivity contribution in [2.75, 3.05) is 25.1 Å². The van der Waals surface area contributed by atoms with Gasteiger partial charge in [-0.1, -0.05) is 6.92 Å². The highest BCUT2D eigenvalue weighted by molar-refractivity contribution is 5.91. The summed E-state index contributed by atoms with van der Waals surface area (Å²) in [6.07, 6.45) is 0.936. The highest BCUT2D eigenvalue weighted by Crippen LogP contribution is 2.18. The molecule has 0 aliphatic heterocycles. The van der Waals surface area contributed by atoms with Gasteiger partial charge in [-0.3, -0.25) is 4.79 Å². The largest absolute Gasteiger partial charge is 0.494 e. The second-order valence-electron chi connectivity index (χ2n) is 5.36. The maximum Gasteiger partial charge on any atom is 0.341 e. The van der Waals surface area contributed by atoms with Crippen molar-refractivity contribution in [3.8, 4) is 17.2 Å². The van der Waals surface area contributed by atoms with Crippen molar-refractivity contribution in [2.24, 2.45) is 0 Å². The van der Waals surface area contributed by atoms with E-state index >= 15 is 0 Å². The number of hydrogen-bond donors (Lipinski definition) is 2. The first-order valence-electron chi connectivity index (χ1n) is 8.17. The molecule has 0 saturated heterocycles. The molecule has 2 aromatic carbocycles. The normalized spacial score (nSPS) is 10.0. The summed E-state index contributed by atoms with van der Waals surface area (Å²) in [6, 6.07) is 13.5. The zero-order valence-electron chi connectivity index (χ0n) is 14.4. The van der Waals surface area contributed by atoms with Gasteiger partial charge in [0.15, 0.2) is 13.2 Å². The van der Waals surface area contributed by atoms with Crippen molar-refractivity contribution < 1.29 is 28.9 Å². The molecule has 1 amide bonds. The highest BCUT2D eigenvalue weighted by Gasteiger charge is 2.05. The second kappa shape index (κ2) is 9.93. The molecule has 0 aromatic heterocycles. The number of carboxylic acids is 1. The number of carbonyl (C=O) groups is 2. The van der Waals surface area contributed by atoms with Gasteiger partial charge in [-0.25, -0.2) is 4.79 Å². The van der Waals surface area contributed by atoms with E-state index in [1.165, 1.54) is 0 Å². The van der Waals surface area contributed by atoms with E-state index in [1.54, 1.807) is 48.5 Å². The molecule has 0 aliphatic rings. The summed E-state index contributed by atoms with van der Waals surface area (Å²) in [5.41, 5.74) is 0.560. The number of carboxylic acid groups (broad SMARTS) is 1. The van der Waals surface area contributed by atoms with E-state index in [0.717, 1.165) is 12.2 Å². The van der Waals surface area contributed by atoms with Crippen molar-refractivity contribution in [3.63, 3.8) is 0 Å². The standard InChI is InChI=1S/C19H21NO6/c1-2-11-24-15-7-9-17(10-8-15)25-12-18(21)20-14-3-5-16(6-4-14)26-13-19(22)23/h3-10H,2,11-13H2,1H3,(H,20,21)(H,22,23). The number of hydrogen-bond acceptors (Lipinski definition) is 5. The molecule has 138 valence electrons. The Morgan fingerprint density at radius 2 is 1.35 bits per heavy atom. The number of nitrogens with one attached hydrogen (secondary N) is 1. The first-order chi connectivity index (χ1) is 12.6. The number of carbonyl (C=O) groups excluding carboxylic acids is 1. The molecule has 0 heterocycles. The van der Waals surface area contributed by atoms with Crippen molar-refractivity contribution in [1.29, 1.82) is 0 Å². The van der Waals surface area contributed by atoms with Crippen LogP contribution in [0.15, 0.2) is 48.5 Å². The molecule has 2 aromatic rings. The van der Waals surface area contributed by atoms with Crippen molar-refractivity contribution in [2.45, 2.75) is 13.3 Å². The van der Waals surface area contributed by atoms with E-state index in [9.17, 15) is 9.59 Å². The third-order valence-corrected chi connectivity index (χ3v) is 3.17. The quantitative estimate of drug-likeness (QED) is 0.677. The monoisotopic (exact) mass is 359 g/mol. The Labute approximate surface area is 151 Å². The molecular formula is C19H21NO6. The molecule has 7 heteroatoms. The second-order valence-corrected chi connectivity index (χ2v) is 5.36. The highest BCUT2D eigenvalue weighted by atomic mass is 16.5. The Kier molecular flexibility index (Phi) is 7.30. The van der Waals surface area contributed by atoms with E-state index in [4.69, 9.17) is 19.3 Å². The van der Waals surface area contributed by atoms with Crippen molar-refractivity contribution in [1.82, 2.24) is 0 Å². The fourth-order valence-electron chi connectivity index (χ4n) is 1.98. The average Bonchev–Trinajstić information content (AvgIpc) is 2.65. The van der Waals surface area contributed by atoms with Crippen LogP contribution in [0.25, 0.3) is 0 Å². The topological polar surface area (TPSA) is 94.1 Å². The van der Waals surface area contributed by atoms with E-state index < -0.39 is 12.6 Å². The molecule has 0 radical (unpaired) electrons. The lowest BCUT2D eigenvalue weighted by Gasteiger charge is -2.09. The number of aliphatic carboxylic acids is 1. The third kappa shape index (κ3) is 6.72. The van der Waals surface area contributed by atoms with Gasteiger partial charge in [0.05, 0.1) is 6.61 Å². The SMILES string of the molecule is CCCOc1ccc(OCC(=O)Nc2ccc(OCC(=O)O)cc2)cc1. The van der Waals surface area contributed by atoms with Gasteiger partial charge in [-0.05, 0) is 55.0 Å². The van der Waals surface area contributed by atoms with Crippen molar-refractivity contribution >= 4 is 17.6 Å². The molecule has 7 nitrogen and oxygen atoms in total. The van der Waals surface area contributed by atoms with Gasteiger partial charge >= 0.3 is 5.97 Å². The van der Waals surface area contributed by atoms with Crippen molar-refractivity contribution in [3.05, 3.63) is 48.5 Å². The molecular weight excluding hydrogens is 338 g/mol. The van der Waals surface area contributed by atoms with E-state index in [-0.39, 0.29) is 12.5 Å². The Bertz CT molecular complexity index is 712. The molecule has 2 rings (SSSR count). The predicted molar refractivity (Wildman–Crippen MR) is 95.9 cm³/mol. The zero-order valence-corrected chi connectivity index (χ0v) is 14.4. The van der Waals surface area contributed by atoms with Crippen LogP contribution in [0.5, 0.6) is 17.2 Å². The Hall–Kier alpha value is -3.22. The van der Waals surface area contributed by atoms with Crippen LogP contribution in [0.3, 0.4) is 0 Å². The summed E-state index contributed by atoms with van der Waals surface area (Å²) in [5, 5.41) is 11.2. The van der Waals surface area contributed by atoms with E-state index in [0.29, 0.717) is 23.8 Å². The van der Waals surface area contributed by atoms with Crippen LogP contribution in [0.1, 0.15) is 13.3 Å². The molecule has 26 heavy (non-hydrogen) atoms. The number of benzene rings is 2. The number of rotatable bonds is 10. The lowest BCUT2D eigenvalue weighted by molar-refractivity contribution is -0.139. The summed E-state index contributed by atoms with van der Waals surface area (Å²) >= 11 is 0. The van der Waals surface area contributed by atoms with Crippen LogP contribution in [0.2, 0.25) is 0 Å². The molecule has 2 N–H and O–H groups in total. The first-order valence-corrected chi connectivity index (χ1v) is 8.17. The maximum absolute atomic E-state index is 11.9. The number of ether oxygens (including phenoxy) is 3. The minimum Gasteiger partial charge on any atom is -0.494 e. The Morgan fingerprint density at radius 3 is 1.88 bits per heavy atom. The van der Waals surface area contributed by atoms with Gasteiger partial charge in [0.2, 0.25) is 0 Å². The third-order valence-electron chi connectivity index (χ3n) is 3.17. The van der Waals surface area contributed by atoms with Crippen LogP contribution in [0.4, 0.5) is 5.69 Å². The average molecular weight is 359 g/mol. The molecule has 0 fully saturated rings. The Balaban J connectivity index is 1.76. The molecule has 0 bridgehead atoms. The van der Waals surface area contributed by atoms with Gasteiger partial charge in [0, 0.05) is 5.69 Å². The predicted octanol–water partition coefficient (Wildman–Crippen LogP) is 2.96. The Morgan fingerprint density at radius 1 is 0.846 bits per heavy atom. The summed E-state index contributed by atoms with van der Waals surface area (Å²) < 4.78 is 15.9. The van der Waals surface area contributed by atoms with Gasteiger partial charge in [0.25, 0.3) is 5.91 Å². The summed E-state index contributed by atoms with van der Waals surface area (Å²) in [6.45, 7) is 2.14. The number of amides is 1. The van der Waals surface area contributed by atoms with Gasteiger partial charge in [-0.15, -0.1) is 0 Å². The van der Waals surface area contributed by atoms with Gasteiger partial charge < -0.3 is 24.6 Å². The zero-order chi connectivity index (χ0) is 18.8. The molecule has 0 spiro atoms. The first kappa shape index (κ1) is 19.1. The van der Waals surface area contributed by atoms with Crippen LogP contribution in [-0.4, -0.2) is 36.8 Å². The minimum atomic E-state index is -1.05. The van der Waals surface area contributed by atoms with Crippen LogP contribution in [-0.2, 0) is 9.59 Å². The molecule has 0 unspecified atom stereocenters. The van der Waals surface area contributed by atoms with Crippen LogP contribution in [0, 0.1) is 0 Å². The minimum absolute atomic E-state index is 0.133. The smallest absolute Gasteiger partial charge is 0.341 e. The van der Waals surface area contributed by atoms with Crippen LogP contribution >= 0.6 is 0 Å². The molecule has 0 atom stereocenters. The van der Waals surface area contributed by atoms with Crippen LogP contribution < -0.4 is 19.5 Å². The molecule has 0 saturated carbocycles. The molecule has 0 aliphatic carbocycles. The van der Waals surface area contributed by atoms with E-state index in [1.807, 2.05) is 6.92 Å².